The van der Waals surface area contributed by atoms with Crippen molar-refractivity contribution < 1.29 is 13.2 Å². The van der Waals surface area contributed by atoms with Gasteiger partial charge in [0.1, 0.15) is 5.82 Å². The number of aromatic nitrogens is 3. The van der Waals surface area contributed by atoms with E-state index in [0.29, 0.717) is 23.6 Å². The molecule has 0 fully saturated rings. The molecule has 2 aromatic rings. The summed E-state index contributed by atoms with van der Waals surface area (Å²) in [5.41, 5.74) is 0. The van der Waals surface area contributed by atoms with Crippen LogP contribution < -0.4 is 5.32 Å². The molecule has 0 radical (unpaired) electrons. The van der Waals surface area contributed by atoms with Crippen molar-refractivity contribution in [2.24, 2.45) is 7.05 Å². The van der Waals surface area contributed by atoms with Crippen LogP contribution in [0, 0.1) is 4.77 Å². The average molecular weight is 448 g/mol. The van der Waals surface area contributed by atoms with Gasteiger partial charge in [0, 0.05) is 31.5 Å². The van der Waals surface area contributed by atoms with E-state index in [1.165, 1.54) is 19.2 Å². The minimum atomic E-state index is -3.71. The van der Waals surface area contributed by atoms with Crippen molar-refractivity contribution in [1.29, 1.82) is 0 Å². The number of nitrogens with zero attached hydrogens (tertiary/aromatic N) is 3. The van der Waals surface area contributed by atoms with Crippen molar-refractivity contribution in [3.8, 4) is 0 Å². The van der Waals surface area contributed by atoms with Crippen LogP contribution in [-0.2, 0) is 28.3 Å². The number of aromatic amines is 1. The van der Waals surface area contributed by atoms with Gasteiger partial charge in [0.2, 0.25) is 15.9 Å². The van der Waals surface area contributed by atoms with Crippen molar-refractivity contribution in [1.82, 2.24) is 24.4 Å². The van der Waals surface area contributed by atoms with E-state index in [9.17, 15) is 13.2 Å². The van der Waals surface area contributed by atoms with Gasteiger partial charge in [-0.3, -0.25) is 9.89 Å². The number of rotatable bonds is 7. The standard InChI is InChI=1S/C14H18BrN5O3S2/c1-19(25(22,23)11-5-3-10(15)4-6-11)9-13(21)16-8-7-12-17-18-14(24)20(12)2/h3-6H,7-9H2,1-2H3,(H,16,21)(H,18,24). The van der Waals surface area contributed by atoms with Gasteiger partial charge in [-0.25, -0.2) is 8.42 Å². The largest absolute Gasteiger partial charge is 0.355 e. The second kappa shape index (κ2) is 8.21. The third kappa shape index (κ3) is 4.97. The lowest BCUT2D eigenvalue weighted by Crippen LogP contribution is -2.39. The molecule has 136 valence electrons. The van der Waals surface area contributed by atoms with E-state index in [4.69, 9.17) is 12.2 Å². The van der Waals surface area contributed by atoms with Gasteiger partial charge in [-0.15, -0.1) is 0 Å². The molecule has 0 spiro atoms. The van der Waals surface area contributed by atoms with Gasteiger partial charge in [-0.1, -0.05) is 15.9 Å². The van der Waals surface area contributed by atoms with Crippen molar-refractivity contribution >= 4 is 44.1 Å². The molecule has 0 aliphatic rings. The highest BCUT2D eigenvalue weighted by Gasteiger charge is 2.22. The second-order valence-corrected chi connectivity index (χ2v) is 8.67. The van der Waals surface area contributed by atoms with E-state index >= 15 is 0 Å². The van der Waals surface area contributed by atoms with Crippen LogP contribution >= 0.6 is 28.1 Å². The Balaban J connectivity index is 1.90. The molecule has 0 saturated carbocycles. The SMILES string of the molecule is CN(CC(=O)NCCc1n[nH]c(=S)n1C)S(=O)(=O)c1ccc(Br)cc1. The van der Waals surface area contributed by atoms with Crippen LogP contribution in [0.5, 0.6) is 0 Å². The number of H-pyrrole nitrogens is 1. The first-order valence-corrected chi connectivity index (χ1v) is 9.95. The summed E-state index contributed by atoms with van der Waals surface area (Å²) < 4.78 is 28.9. The Hall–Kier alpha value is -1.56. The van der Waals surface area contributed by atoms with Gasteiger partial charge in [0.15, 0.2) is 4.77 Å². The van der Waals surface area contributed by atoms with Gasteiger partial charge < -0.3 is 9.88 Å². The summed E-state index contributed by atoms with van der Waals surface area (Å²) in [5.74, 6) is 0.320. The lowest BCUT2D eigenvalue weighted by molar-refractivity contribution is -0.121. The fraction of sp³-hybridized carbons (Fsp3) is 0.357. The van der Waals surface area contributed by atoms with Crippen molar-refractivity contribution in [3.05, 3.63) is 39.3 Å². The van der Waals surface area contributed by atoms with Gasteiger partial charge in [-0.05, 0) is 36.5 Å². The number of sulfonamides is 1. The molecule has 11 heteroatoms. The highest BCUT2D eigenvalue weighted by molar-refractivity contribution is 9.10. The van der Waals surface area contributed by atoms with Crippen LogP contribution in [0.3, 0.4) is 0 Å². The van der Waals surface area contributed by atoms with Crippen molar-refractivity contribution in [2.45, 2.75) is 11.3 Å². The minimum absolute atomic E-state index is 0.132. The molecule has 2 rings (SSSR count). The Labute approximate surface area is 159 Å². The van der Waals surface area contributed by atoms with Gasteiger partial charge in [0.25, 0.3) is 0 Å². The first-order chi connectivity index (χ1) is 11.7. The van der Waals surface area contributed by atoms with Crippen molar-refractivity contribution in [3.63, 3.8) is 0 Å². The Morgan fingerprint density at radius 2 is 2.04 bits per heavy atom. The molecule has 0 atom stereocenters. The molecule has 2 N–H and O–H groups in total. The summed E-state index contributed by atoms with van der Waals surface area (Å²) >= 11 is 8.27. The maximum atomic E-state index is 12.4. The summed E-state index contributed by atoms with van der Waals surface area (Å²) in [7, 11) is -0.566. The summed E-state index contributed by atoms with van der Waals surface area (Å²) in [6.07, 6.45) is 0.485. The molecule has 1 aromatic heterocycles. The average Bonchev–Trinajstić information content (AvgIpc) is 2.87. The monoisotopic (exact) mass is 447 g/mol. The molecule has 25 heavy (non-hydrogen) atoms. The molecular formula is C14H18BrN5O3S2. The number of halogens is 1. The molecular weight excluding hydrogens is 430 g/mol. The van der Waals surface area contributed by atoms with E-state index in [2.05, 4.69) is 31.4 Å². The number of benzene rings is 1. The normalized spacial score (nSPS) is 11.7. The first-order valence-electron chi connectivity index (χ1n) is 7.30. The highest BCUT2D eigenvalue weighted by atomic mass is 79.9. The Morgan fingerprint density at radius 1 is 1.40 bits per heavy atom. The second-order valence-electron chi connectivity index (χ2n) is 5.32. The molecule has 0 unspecified atom stereocenters. The van der Waals surface area contributed by atoms with Crippen LogP contribution in [0.2, 0.25) is 0 Å². The zero-order valence-corrected chi connectivity index (χ0v) is 16.9. The van der Waals surface area contributed by atoms with Crippen LogP contribution in [0.4, 0.5) is 0 Å². The molecule has 8 nitrogen and oxygen atoms in total. The summed E-state index contributed by atoms with van der Waals surface area (Å²) in [6.45, 7) is 0.0653. The molecule has 0 aliphatic heterocycles. The third-order valence-electron chi connectivity index (χ3n) is 3.53. The predicted octanol–water partition coefficient (Wildman–Crippen LogP) is 1.22. The number of hydrogen-bond donors (Lipinski definition) is 2. The number of carbonyl (C=O) groups is 1. The molecule has 1 heterocycles. The zero-order valence-electron chi connectivity index (χ0n) is 13.7. The number of nitrogens with one attached hydrogen (secondary N) is 2. The summed E-state index contributed by atoms with van der Waals surface area (Å²) in [6, 6.07) is 6.24. The van der Waals surface area contributed by atoms with Crippen LogP contribution in [-0.4, -0.2) is 53.5 Å². The maximum Gasteiger partial charge on any atom is 0.243 e. The van der Waals surface area contributed by atoms with Gasteiger partial charge >= 0.3 is 0 Å². The summed E-state index contributed by atoms with van der Waals surface area (Å²) in [5, 5.41) is 9.38. The Kier molecular flexibility index (Phi) is 6.49. The molecule has 0 saturated heterocycles. The fourth-order valence-electron chi connectivity index (χ4n) is 2.05. The minimum Gasteiger partial charge on any atom is -0.355 e. The zero-order chi connectivity index (χ0) is 18.6. The quantitative estimate of drug-likeness (QED) is 0.621. The maximum absolute atomic E-state index is 12.4. The number of hydrogen-bond acceptors (Lipinski definition) is 5. The summed E-state index contributed by atoms with van der Waals surface area (Å²) in [4.78, 5) is 12.1. The topological polar surface area (TPSA) is 100 Å². The number of likely N-dealkylation sites (N-methyl/N-ethyl adjacent to an activating group) is 1. The predicted molar refractivity (Wildman–Crippen MR) is 99.1 cm³/mol. The van der Waals surface area contributed by atoms with E-state index in [1.807, 2.05) is 0 Å². The van der Waals surface area contributed by atoms with E-state index in [-0.39, 0.29) is 17.3 Å². The van der Waals surface area contributed by atoms with E-state index < -0.39 is 10.0 Å². The fourth-order valence-corrected chi connectivity index (χ4v) is 3.59. The highest BCUT2D eigenvalue weighted by Crippen LogP contribution is 2.17. The Bertz CT molecular complexity index is 905. The van der Waals surface area contributed by atoms with Crippen molar-refractivity contribution in [2.75, 3.05) is 20.1 Å². The van der Waals surface area contributed by atoms with Gasteiger partial charge in [-0.2, -0.15) is 9.40 Å². The molecule has 0 bridgehead atoms. The lowest BCUT2D eigenvalue weighted by Gasteiger charge is -2.17. The molecule has 0 aliphatic carbocycles. The van der Waals surface area contributed by atoms with Crippen LogP contribution in [0.15, 0.2) is 33.6 Å². The third-order valence-corrected chi connectivity index (χ3v) is 6.24. The smallest absolute Gasteiger partial charge is 0.243 e. The number of carbonyl (C=O) groups excluding carboxylic acids is 1. The van der Waals surface area contributed by atoms with Crippen LogP contribution in [0.1, 0.15) is 5.82 Å². The first kappa shape index (κ1) is 19.8. The van der Waals surface area contributed by atoms with Crippen LogP contribution in [0.25, 0.3) is 0 Å². The number of amides is 1. The Morgan fingerprint density at radius 3 is 2.60 bits per heavy atom. The van der Waals surface area contributed by atoms with E-state index in [1.54, 1.807) is 23.7 Å². The van der Waals surface area contributed by atoms with Gasteiger partial charge in [0.05, 0.1) is 11.4 Å². The molecule has 1 aromatic carbocycles. The van der Waals surface area contributed by atoms with E-state index in [0.717, 1.165) is 8.78 Å². The lowest BCUT2D eigenvalue weighted by atomic mass is 10.4. The molecule has 1 amide bonds.